The van der Waals surface area contributed by atoms with E-state index in [0.717, 1.165) is 5.56 Å². The Balaban J connectivity index is 1.56. The van der Waals surface area contributed by atoms with E-state index in [9.17, 15) is 18.8 Å². The van der Waals surface area contributed by atoms with Gasteiger partial charge in [-0.1, -0.05) is 42.5 Å². The molecule has 1 unspecified atom stereocenters. The number of nitrogens with one attached hydrogen (secondary N) is 1. The number of alkyl carbamates (subject to hydrolysis) is 1. The fourth-order valence-corrected chi connectivity index (χ4v) is 3.68. The number of esters is 1. The maximum Gasteiger partial charge on any atom is 0.408 e. The highest BCUT2D eigenvalue weighted by Gasteiger charge is 2.26. The van der Waals surface area contributed by atoms with Crippen molar-refractivity contribution in [2.24, 2.45) is 0 Å². The standard InChI is InChI=1S/C29H26FNO6/c1-29(2,3)37-28(34)31-24(15-18-7-5-4-6-8-18)27(33)36-21-13-14-22-25(16-21)35-17-23(26(22)32)19-9-11-20(30)12-10-19/h4-14,16-17,24H,15H2,1-3H3,(H,31,34). The van der Waals surface area contributed by atoms with E-state index in [1.54, 1.807) is 20.8 Å². The van der Waals surface area contributed by atoms with E-state index in [2.05, 4.69) is 5.32 Å². The molecule has 0 saturated carbocycles. The van der Waals surface area contributed by atoms with E-state index in [-0.39, 0.29) is 34.1 Å². The zero-order chi connectivity index (χ0) is 26.6. The second-order valence-corrected chi connectivity index (χ2v) is 9.45. The molecule has 3 aromatic carbocycles. The van der Waals surface area contributed by atoms with Crippen molar-refractivity contribution in [3.63, 3.8) is 0 Å². The fraction of sp³-hybridized carbons (Fsp3) is 0.207. The molecule has 0 aliphatic rings. The van der Waals surface area contributed by atoms with Gasteiger partial charge in [-0.25, -0.2) is 14.0 Å². The number of hydrogen-bond acceptors (Lipinski definition) is 6. The first kappa shape index (κ1) is 25.6. The summed E-state index contributed by atoms with van der Waals surface area (Å²) in [5, 5.41) is 2.85. The molecule has 7 nitrogen and oxygen atoms in total. The fourth-order valence-electron chi connectivity index (χ4n) is 3.68. The Labute approximate surface area is 212 Å². The zero-order valence-electron chi connectivity index (χ0n) is 20.6. The summed E-state index contributed by atoms with van der Waals surface area (Å²) < 4.78 is 29.7. The summed E-state index contributed by atoms with van der Waals surface area (Å²) in [5.41, 5.74) is 0.776. The van der Waals surface area contributed by atoms with Crippen molar-refractivity contribution in [1.29, 1.82) is 0 Å². The zero-order valence-corrected chi connectivity index (χ0v) is 20.6. The Morgan fingerprint density at radius 3 is 2.38 bits per heavy atom. The highest BCUT2D eigenvalue weighted by atomic mass is 19.1. The highest BCUT2D eigenvalue weighted by Crippen LogP contribution is 2.24. The second kappa shape index (κ2) is 10.7. The van der Waals surface area contributed by atoms with Crippen LogP contribution in [0, 0.1) is 5.82 Å². The molecule has 0 aliphatic carbocycles. The number of amides is 1. The van der Waals surface area contributed by atoms with E-state index in [4.69, 9.17) is 13.9 Å². The van der Waals surface area contributed by atoms with Gasteiger partial charge in [0.25, 0.3) is 0 Å². The van der Waals surface area contributed by atoms with Crippen molar-refractivity contribution in [3.05, 3.63) is 101 Å². The van der Waals surface area contributed by atoms with Crippen LogP contribution in [0.3, 0.4) is 0 Å². The predicted octanol–water partition coefficient (Wildman–Crippen LogP) is 5.64. The van der Waals surface area contributed by atoms with Crippen molar-refractivity contribution >= 4 is 23.0 Å². The van der Waals surface area contributed by atoms with Crippen LogP contribution in [0.15, 0.2) is 88.3 Å². The summed E-state index contributed by atoms with van der Waals surface area (Å²) in [6.07, 6.45) is 0.720. The molecule has 0 spiro atoms. The number of carbonyl (C=O) groups is 2. The topological polar surface area (TPSA) is 94.8 Å². The molecule has 0 aliphatic heterocycles. The number of fused-ring (bicyclic) bond motifs is 1. The molecule has 190 valence electrons. The van der Waals surface area contributed by atoms with Gasteiger partial charge in [-0.2, -0.15) is 0 Å². The number of halogens is 1. The van der Waals surface area contributed by atoms with Crippen LogP contribution in [0.25, 0.3) is 22.1 Å². The van der Waals surface area contributed by atoms with Crippen molar-refractivity contribution in [3.8, 4) is 16.9 Å². The lowest BCUT2D eigenvalue weighted by molar-refractivity contribution is -0.136. The van der Waals surface area contributed by atoms with Gasteiger partial charge in [0.15, 0.2) is 5.43 Å². The summed E-state index contributed by atoms with van der Waals surface area (Å²) in [6, 6.07) is 18.1. The Kier molecular flexibility index (Phi) is 7.38. The lowest BCUT2D eigenvalue weighted by Crippen LogP contribution is -2.46. The minimum absolute atomic E-state index is 0.138. The molecule has 37 heavy (non-hydrogen) atoms. The Morgan fingerprint density at radius 1 is 1.00 bits per heavy atom. The first-order chi connectivity index (χ1) is 17.6. The van der Waals surface area contributed by atoms with E-state index in [1.165, 1.54) is 48.7 Å². The molecule has 0 radical (unpaired) electrons. The summed E-state index contributed by atoms with van der Waals surface area (Å²) >= 11 is 0. The lowest BCUT2D eigenvalue weighted by Gasteiger charge is -2.23. The van der Waals surface area contributed by atoms with E-state index in [0.29, 0.717) is 5.56 Å². The molecule has 0 fully saturated rings. The maximum atomic E-state index is 13.3. The lowest BCUT2D eigenvalue weighted by atomic mass is 10.1. The van der Waals surface area contributed by atoms with E-state index in [1.807, 2.05) is 30.3 Å². The van der Waals surface area contributed by atoms with Crippen LogP contribution in [0.5, 0.6) is 5.75 Å². The molecule has 1 atom stereocenters. The summed E-state index contributed by atoms with van der Waals surface area (Å²) in [6.45, 7) is 5.17. The van der Waals surface area contributed by atoms with Crippen LogP contribution in [-0.2, 0) is 16.0 Å². The van der Waals surface area contributed by atoms with Crippen molar-refractivity contribution < 1.29 is 27.9 Å². The van der Waals surface area contributed by atoms with Crippen LogP contribution in [-0.4, -0.2) is 23.7 Å². The van der Waals surface area contributed by atoms with Crippen LogP contribution in [0.4, 0.5) is 9.18 Å². The predicted molar refractivity (Wildman–Crippen MR) is 137 cm³/mol. The third-order valence-corrected chi connectivity index (χ3v) is 5.38. The van der Waals surface area contributed by atoms with E-state index >= 15 is 0 Å². The van der Waals surface area contributed by atoms with Crippen molar-refractivity contribution in [2.75, 3.05) is 0 Å². The summed E-state index contributed by atoms with van der Waals surface area (Å²) in [7, 11) is 0. The van der Waals surface area contributed by atoms with Crippen LogP contribution in [0.1, 0.15) is 26.3 Å². The number of hydrogen-bond donors (Lipinski definition) is 1. The average Bonchev–Trinajstić information content (AvgIpc) is 2.84. The highest BCUT2D eigenvalue weighted by molar-refractivity contribution is 5.86. The van der Waals surface area contributed by atoms with Gasteiger partial charge in [-0.3, -0.25) is 4.79 Å². The number of benzene rings is 3. The van der Waals surface area contributed by atoms with Gasteiger partial charge in [0.05, 0.1) is 10.9 Å². The summed E-state index contributed by atoms with van der Waals surface area (Å²) in [4.78, 5) is 38.4. The third-order valence-electron chi connectivity index (χ3n) is 5.38. The van der Waals surface area contributed by atoms with Gasteiger partial charge in [0.2, 0.25) is 0 Å². The molecule has 8 heteroatoms. The van der Waals surface area contributed by atoms with E-state index < -0.39 is 29.5 Å². The molecule has 0 bridgehead atoms. The maximum absolute atomic E-state index is 13.3. The molecule has 1 heterocycles. The van der Waals surface area contributed by atoms with Crippen molar-refractivity contribution in [1.82, 2.24) is 5.32 Å². The molecular formula is C29H26FNO6. The van der Waals surface area contributed by atoms with Gasteiger partial charge in [0, 0.05) is 12.5 Å². The second-order valence-electron chi connectivity index (χ2n) is 9.45. The number of rotatable bonds is 6. The minimum Gasteiger partial charge on any atom is -0.463 e. The van der Waals surface area contributed by atoms with Gasteiger partial charge < -0.3 is 19.2 Å². The van der Waals surface area contributed by atoms with Crippen LogP contribution < -0.4 is 15.5 Å². The molecular weight excluding hydrogens is 477 g/mol. The summed E-state index contributed by atoms with van der Waals surface area (Å²) in [5.74, 6) is -0.981. The largest absolute Gasteiger partial charge is 0.463 e. The third kappa shape index (κ3) is 6.61. The molecule has 1 N–H and O–H groups in total. The Hall–Kier alpha value is -4.46. The van der Waals surface area contributed by atoms with Crippen LogP contribution in [0.2, 0.25) is 0 Å². The van der Waals surface area contributed by atoms with Gasteiger partial charge in [-0.05, 0) is 56.2 Å². The number of ether oxygens (including phenoxy) is 2. The van der Waals surface area contributed by atoms with Gasteiger partial charge >= 0.3 is 12.1 Å². The molecule has 0 saturated heterocycles. The smallest absolute Gasteiger partial charge is 0.408 e. The monoisotopic (exact) mass is 503 g/mol. The Morgan fingerprint density at radius 2 is 1.70 bits per heavy atom. The first-order valence-corrected chi connectivity index (χ1v) is 11.7. The molecule has 1 aromatic heterocycles. The minimum atomic E-state index is -1.03. The quantitative estimate of drug-likeness (QED) is 0.270. The van der Waals surface area contributed by atoms with Crippen LogP contribution >= 0.6 is 0 Å². The van der Waals surface area contributed by atoms with Crippen molar-refractivity contribution in [2.45, 2.75) is 38.8 Å². The molecule has 4 aromatic rings. The SMILES string of the molecule is CC(C)(C)OC(=O)NC(Cc1ccccc1)C(=O)Oc1ccc2c(=O)c(-c3ccc(F)cc3)coc2c1. The average molecular weight is 504 g/mol. The molecule has 1 amide bonds. The normalized spacial score (nSPS) is 12.1. The first-order valence-electron chi connectivity index (χ1n) is 11.7. The van der Waals surface area contributed by atoms with Gasteiger partial charge in [-0.15, -0.1) is 0 Å². The molecule has 4 rings (SSSR count). The Bertz CT molecular complexity index is 1470. The van der Waals surface area contributed by atoms with Gasteiger partial charge in [0.1, 0.15) is 35.1 Å². The number of carbonyl (C=O) groups excluding carboxylic acids is 2.